The first kappa shape index (κ1) is 12.5. The SMILES string of the molecule is NC(Cc1cccc(Cl)c1Cl)C1C2C3CCC(C3)C12. The van der Waals surface area contributed by atoms with E-state index in [1.165, 1.54) is 19.3 Å². The minimum Gasteiger partial charge on any atom is -0.327 e. The molecular weight excluding hydrogens is 277 g/mol. The summed E-state index contributed by atoms with van der Waals surface area (Å²) >= 11 is 12.3. The number of fused-ring (bicyclic) bond motifs is 5. The highest BCUT2D eigenvalue weighted by Crippen LogP contribution is 2.70. The van der Waals surface area contributed by atoms with E-state index in [4.69, 9.17) is 28.9 Å². The normalized spacial score (nSPS) is 40.3. The van der Waals surface area contributed by atoms with Crippen LogP contribution in [0.1, 0.15) is 24.8 Å². The van der Waals surface area contributed by atoms with E-state index in [0.29, 0.717) is 10.0 Å². The standard InChI is InChI=1S/C16H19Cl2N/c17-11-3-1-2-10(16(11)18)7-12(19)15-13-8-4-5-9(6-8)14(13)15/h1-3,8-9,12-15H,4-7,19H2. The molecule has 0 saturated heterocycles. The van der Waals surface area contributed by atoms with Crippen LogP contribution in [0.2, 0.25) is 10.0 Å². The summed E-state index contributed by atoms with van der Waals surface area (Å²) < 4.78 is 0. The Morgan fingerprint density at radius 1 is 1.16 bits per heavy atom. The lowest BCUT2D eigenvalue weighted by atomic mass is 9.94. The van der Waals surface area contributed by atoms with Crippen LogP contribution in [0, 0.1) is 29.6 Å². The molecular formula is C16H19Cl2N. The highest BCUT2D eigenvalue weighted by Gasteiger charge is 2.65. The summed E-state index contributed by atoms with van der Waals surface area (Å²) in [6.45, 7) is 0. The van der Waals surface area contributed by atoms with Crippen molar-refractivity contribution in [3.8, 4) is 0 Å². The van der Waals surface area contributed by atoms with Gasteiger partial charge in [0.15, 0.2) is 0 Å². The summed E-state index contributed by atoms with van der Waals surface area (Å²) in [5.74, 6) is 4.60. The Morgan fingerprint density at radius 3 is 2.53 bits per heavy atom. The Kier molecular flexibility index (Phi) is 2.88. The van der Waals surface area contributed by atoms with E-state index in [2.05, 4.69) is 6.07 Å². The average molecular weight is 296 g/mol. The van der Waals surface area contributed by atoms with Crippen molar-refractivity contribution < 1.29 is 0 Å². The molecule has 5 unspecified atom stereocenters. The lowest BCUT2D eigenvalue weighted by molar-refractivity contribution is 0.409. The van der Waals surface area contributed by atoms with Crippen LogP contribution in [0.5, 0.6) is 0 Å². The molecule has 0 aromatic heterocycles. The van der Waals surface area contributed by atoms with Crippen molar-refractivity contribution in [2.75, 3.05) is 0 Å². The van der Waals surface area contributed by atoms with Crippen molar-refractivity contribution in [2.24, 2.45) is 35.3 Å². The van der Waals surface area contributed by atoms with Crippen molar-refractivity contribution in [3.63, 3.8) is 0 Å². The summed E-state index contributed by atoms with van der Waals surface area (Å²) in [4.78, 5) is 0. The molecule has 3 saturated carbocycles. The number of hydrogen-bond donors (Lipinski definition) is 1. The summed E-state index contributed by atoms with van der Waals surface area (Å²) in [7, 11) is 0. The highest BCUT2D eigenvalue weighted by molar-refractivity contribution is 6.42. The first-order valence-corrected chi connectivity index (χ1v) is 8.11. The molecule has 1 aromatic carbocycles. The molecule has 2 N–H and O–H groups in total. The van der Waals surface area contributed by atoms with E-state index in [0.717, 1.165) is 41.6 Å². The fourth-order valence-corrected chi connectivity index (χ4v) is 5.46. The first-order valence-electron chi connectivity index (χ1n) is 7.35. The van der Waals surface area contributed by atoms with Crippen LogP contribution >= 0.6 is 23.2 Å². The Morgan fingerprint density at radius 2 is 1.84 bits per heavy atom. The van der Waals surface area contributed by atoms with Crippen molar-refractivity contribution >= 4 is 23.2 Å². The highest BCUT2D eigenvalue weighted by atomic mass is 35.5. The topological polar surface area (TPSA) is 26.0 Å². The maximum atomic E-state index is 6.47. The van der Waals surface area contributed by atoms with Gasteiger partial charge in [-0.3, -0.25) is 0 Å². The van der Waals surface area contributed by atoms with Gasteiger partial charge in [0.05, 0.1) is 10.0 Å². The van der Waals surface area contributed by atoms with E-state index in [9.17, 15) is 0 Å². The fraction of sp³-hybridized carbons (Fsp3) is 0.625. The molecule has 0 radical (unpaired) electrons. The average Bonchev–Trinajstić information content (AvgIpc) is 2.84. The Hall–Kier alpha value is -0.240. The van der Waals surface area contributed by atoms with Crippen molar-refractivity contribution in [3.05, 3.63) is 33.8 Å². The zero-order valence-electron chi connectivity index (χ0n) is 10.9. The Labute approximate surface area is 124 Å². The predicted molar refractivity (Wildman–Crippen MR) is 79.4 cm³/mol. The molecule has 2 bridgehead atoms. The van der Waals surface area contributed by atoms with Gasteiger partial charge in [0, 0.05) is 6.04 Å². The molecule has 1 aromatic rings. The quantitative estimate of drug-likeness (QED) is 0.890. The van der Waals surface area contributed by atoms with Crippen LogP contribution in [0.4, 0.5) is 0 Å². The predicted octanol–water partition coefficient (Wildman–Crippen LogP) is 4.16. The van der Waals surface area contributed by atoms with Gasteiger partial charge in [0.2, 0.25) is 0 Å². The van der Waals surface area contributed by atoms with Gasteiger partial charge in [-0.05, 0) is 66.9 Å². The van der Waals surface area contributed by atoms with Crippen LogP contribution in [0.3, 0.4) is 0 Å². The maximum Gasteiger partial charge on any atom is 0.0624 e. The summed E-state index contributed by atoms with van der Waals surface area (Å²) in [6, 6.07) is 6.12. The van der Waals surface area contributed by atoms with Crippen LogP contribution in [0.25, 0.3) is 0 Å². The smallest absolute Gasteiger partial charge is 0.0624 e. The van der Waals surface area contributed by atoms with Gasteiger partial charge in [0.25, 0.3) is 0 Å². The van der Waals surface area contributed by atoms with Crippen LogP contribution in [0.15, 0.2) is 18.2 Å². The molecule has 102 valence electrons. The number of rotatable bonds is 3. The third-order valence-electron chi connectivity index (χ3n) is 5.78. The van der Waals surface area contributed by atoms with Gasteiger partial charge in [-0.25, -0.2) is 0 Å². The number of benzene rings is 1. The van der Waals surface area contributed by atoms with Gasteiger partial charge in [-0.2, -0.15) is 0 Å². The van der Waals surface area contributed by atoms with Crippen LogP contribution in [-0.4, -0.2) is 6.04 Å². The molecule has 5 atom stereocenters. The third-order valence-corrected chi connectivity index (χ3v) is 6.63. The summed E-state index contributed by atoms with van der Waals surface area (Å²) in [5.41, 5.74) is 7.58. The van der Waals surface area contributed by atoms with Gasteiger partial charge in [0.1, 0.15) is 0 Å². The van der Waals surface area contributed by atoms with Crippen LogP contribution in [-0.2, 0) is 6.42 Å². The number of hydrogen-bond acceptors (Lipinski definition) is 1. The summed E-state index contributed by atoms with van der Waals surface area (Å²) in [5, 5.41) is 1.33. The van der Waals surface area contributed by atoms with E-state index < -0.39 is 0 Å². The largest absolute Gasteiger partial charge is 0.327 e. The van der Waals surface area contributed by atoms with E-state index in [1.54, 1.807) is 0 Å². The fourth-order valence-electron chi connectivity index (χ4n) is 5.06. The molecule has 3 aliphatic rings. The van der Waals surface area contributed by atoms with Gasteiger partial charge in [-0.1, -0.05) is 35.3 Å². The molecule has 0 aliphatic heterocycles. The van der Waals surface area contributed by atoms with Gasteiger partial charge in [-0.15, -0.1) is 0 Å². The Bertz CT molecular complexity index is 499. The van der Waals surface area contributed by atoms with Gasteiger partial charge < -0.3 is 5.73 Å². The van der Waals surface area contributed by atoms with E-state index >= 15 is 0 Å². The van der Waals surface area contributed by atoms with Crippen molar-refractivity contribution in [1.82, 2.24) is 0 Å². The minimum absolute atomic E-state index is 0.259. The second-order valence-corrected chi connectivity index (χ2v) is 7.43. The molecule has 3 aliphatic carbocycles. The van der Waals surface area contributed by atoms with E-state index in [1.807, 2.05) is 12.1 Å². The minimum atomic E-state index is 0.259. The third kappa shape index (κ3) is 1.86. The van der Waals surface area contributed by atoms with Crippen molar-refractivity contribution in [1.29, 1.82) is 0 Å². The maximum absolute atomic E-state index is 6.47. The molecule has 0 amide bonds. The lowest BCUT2D eigenvalue weighted by Crippen LogP contribution is -2.28. The lowest BCUT2D eigenvalue weighted by Gasteiger charge is -2.17. The molecule has 19 heavy (non-hydrogen) atoms. The number of halogens is 2. The van der Waals surface area contributed by atoms with Crippen LogP contribution < -0.4 is 5.73 Å². The monoisotopic (exact) mass is 295 g/mol. The Balaban J connectivity index is 1.48. The van der Waals surface area contributed by atoms with E-state index in [-0.39, 0.29) is 6.04 Å². The molecule has 3 fully saturated rings. The molecule has 0 spiro atoms. The molecule has 1 nitrogen and oxygen atoms in total. The van der Waals surface area contributed by atoms with Gasteiger partial charge >= 0.3 is 0 Å². The molecule has 3 heteroatoms. The second-order valence-electron chi connectivity index (χ2n) is 6.65. The molecule has 4 rings (SSSR count). The first-order chi connectivity index (χ1) is 9.16. The zero-order valence-corrected chi connectivity index (χ0v) is 12.4. The summed E-state index contributed by atoms with van der Waals surface area (Å²) in [6.07, 6.45) is 5.26. The number of nitrogens with two attached hydrogens (primary N) is 1. The molecule has 0 heterocycles. The zero-order chi connectivity index (χ0) is 13.1. The van der Waals surface area contributed by atoms with Crippen molar-refractivity contribution in [2.45, 2.75) is 31.7 Å². The second kappa shape index (κ2) is 4.38.